The Morgan fingerprint density at radius 1 is 1.28 bits per heavy atom. The Kier molecular flexibility index (Phi) is 5.60. The fourth-order valence-corrected chi connectivity index (χ4v) is 2.66. The van der Waals surface area contributed by atoms with E-state index in [4.69, 9.17) is 5.73 Å². The number of benzene rings is 1. The van der Waals surface area contributed by atoms with E-state index in [1.807, 2.05) is 0 Å². The second kappa shape index (κ2) is 7.67. The molecule has 0 aromatic heterocycles. The Hall–Kier alpha value is -3.07. The molecule has 2 rings (SSSR count). The highest BCUT2D eigenvalue weighted by molar-refractivity contribution is 6.25. The van der Waals surface area contributed by atoms with Gasteiger partial charge in [-0.2, -0.15) is 0 Å². The van der Waals surface area contributed by atoms with Crippen molar-refractivity contribution >= 4 is 35.6 Å². The van der Waals surface area contributed by atoms with Crippen molar-refractivity contribution in [2.24, 2.45) is 5.73 Å². The van der Waals surface area contributed by atoms with Gasteiger partial charge in [-0.15, -0.1) is 0 Å². The van der Waals surface area contributed by atoms with Gasteiger partial charge in [-0.1, -0.05) is 6.07 Å². The van der Waals surface area contributed by atoms with Crippen molar-refractivity contribution in [2.45, 2.75) is 18.9 Å². The standard InChI is InChI=1S/C16H18N4O5/c1-18-14(23)11(6-3-7-21)20-15(24)9-4-2-5-10(13(9)16(20)25)19-12(22)8-17/h2,4-5,7,11H,3,6,8,17H2,1H3,(H,18,23)(H,19,22). The van der Waals surface area contributed by atoms with Crippen LogP contribution in [-0.2, 0) is 14.4 Å². The molecule has 0 saturated heterocycles. The van der Waals surface area contributed by atoms with Gasteiger partial charge >= 0.3 is 0 Å². The van der Waals surface area contributed by atoms with E-state index in [2.05, 4.69) is 10.6 Å². The summed E-state index contributed by atoms with van der Waals surface area (Å²) in [7, 11) is 1.38. The Labute approximate surface area is 143 Å². The number of imide groups is 1. The summed E-state index contributed by atoms with van der Waals surface area (Å²) in [6.07, 6.45) is 0.641. The van der Waals surface area contributed by atoms with E-state index in [-0.39, 0.29) is 36.2 Å². The van der Waals surface area contributed by atoms with E-state index in [0.717, 1.165) is 4.90 Å². The van der Waals surface area contributed by atoms with Crippen molar-refractivity contribution in [1.29, 1.82) is 0 Å². The van der Waals surface area contributed by atoms with Crippen LogP contribution < -0.4 is 16.4 Å². The molecule has 25 heavy (non-hydrogen) atoms. The van der Waals surface area contributed by atoms with Gasteiger partial charge in [0.2, 0.25) is 11.8 Å². The summed E-state index contributed by atoms with van der Waals surface area (Å²) in [6, 6.07) is 3.32. The fourth-order valence-electron chi connectivity index (χ4n) is 2.66. The van der Waals surface area contributed by atoms with Gasteiger partial charge in [0.1, 0.15) is 12.3 Å². The van der Waals surface area contributed by atoms with Crippen LogP contribution in [0.2, 0.25) is 0 Å². The molecule has 1 heterocycles. The van der Waals surface area contributed by atoms with Crippen LogP contribution in [0.15, 0.2) is 18.2 Å². The Morgan fingerprint density at radius 2 is 2.00 bits per heavy atom. The van der Waals surface area contributed by atoms with Crippen molar-refractivity contribution in [3.63, 3.8) is 0 Å². The van der Waals surface area contributed by atoms with Gasteiger partial charge in [0.05, 0.1) is 23.4 Å². The first-order valence-electron chi connectivity index (χ1n) is 7.62. The van der Waals surface area contributed by atoms with Crippen LogP contribution in [-0.4, -0.2) is 54.4 Å². The number of fused-ring (bicyclic) bond motifs is 1. The van der Waals surface area contributed by atoms with E-state index >= 15 is 0 Å². The SMILES string of the molecule is CNC(=O)C(CCC=O)N1C(=O)c2cccc(NC(=O)CN)c2C1=O. The molecule has 0 aliphatic carbocycles. The molecule has 9 heteroatoms. The minimum atomic E-state index is -1.11. The topological polar surface area (TPSA) is 139 Å². The maximum absolute atomic E-state index is 12.8. The van der Waals surface area contributed by atoms with E-state index in [9.17, 15) is 24.0 Å². The number of amides is 4. The molecule has 1 atom stereocenters. The van der Waals surface area contributed by atoms with Crippen LogP contribution in [0.25, 0.3) is 0 Å². The summed E-state index contributed by atoms with van der Waals surface area (Å²) < 4.78 is 0. The van der Waals surface area contributed by atoms with Gasteiger partial charge in [0.25, 0.3) is 11.8 Å². The van der Waals surface area contributed by atoms with Gasteiger partial charge in [-0.05, 0) is 18.6 Å². The maximum atomic E-state index is 12.8. The maximum Gasteiger partial charge on any atom is 0.264 e. The highest BCUT2D eigenvalue weighted by Crippen LogP contribution is 2.31. The summed E-state index contributed by atoms with van der Waals surface area (Å²) >= 11 is 0. The van der Waals surface area contributed by atoms with E-state index in [1.54, 1.807) is 0 Å². The summed E-state index contributed by atoms with van der Waals surface area (Å²) in [6.45, 7) is -0.282. The highest BCUT2D eigenvalue weighted by Gasteiger charge is 2.43. The number of nitrogens with zero attached hydrogens (tertiary/aromatic N) is 1. The van der Waals surface area contributed by atoms with Crippen molar-refractivity contribution in [3.05, 3.63) is 29.3 Å². The monoisotopic (exact) mass is 346 g/mol. The molecule has 0 saturated carbocycles. The number of rotatable bonds is 7. The number of hydrogen-bond donors (Lipinski definition) is 3. The Morgan fingerprint density at radius 3 is 2.60 bits per heavy atom. The third-order valence-electron chi connectivity index (χ3n) is 3.82. The predicted octanol–water partition coefficient (Wildman–Crippen LogP) is -0.726. The molecule has 1 aliphatic heterocycles. The molecule has 0 bridgehead atoms. The molecule has 0 radical (unpaired) electrons. The fraction of sp³-hybridized carbons (Fsp3) is 0.312. The zero-order valence-corrected chi connectivity index (χ0v) is 13.6. The van der Waals surface area contributed by atoms with E-state index in [1.165, 1.54) is 25.2 Å². The highest BCUT2D eigenvalue weighted by atomic mass is 16.2. The van der Waals surface area contributed by atoms with Crippen LogP contribution in [0.4, 0.5) is 5.69 Å². The Bertz CT molecular complexity index is 746. The first-order chi connectivity index (χ1) is 12.0. The Balaban J connectivity index is 2.44. The molecule has 0 fully saturated rings. The first kappa shape index (κ1) is 18.3. The molecule has 0 spiro atoms. The van der Waals surface area contributed by atoms with Crippen LogP contribution in [0, 0.1) is 0 Å². The lowest BCUT2D eigenvalue weighted by Gasteiger charge is -2.24. The van der Waals surface area contributed by atoms with Gasteiger partial charge < -0.3 is 21.2 Å². The lowest BCUT2D eigenvalue weighted by Crippen LogP contribution is -2.48. The van der Waals surface area contributed by atoms with Gasteiger partial charge in [0.15, 0.2) is 0 Å². The average molecular weight is 346 g/mol. The van der Waals surface area contributed by atoms with E-state index in [0.29, 0.717) is 6.29 Å². The smallest absolute Gasteiger partial charge is 0.264 e. The van der Waals surface area contributed by atoms with Gasteiger partial charge in [-0.25, -0.2) is 0 Å². The molecule has 132 valence electrons. The molecule has 1 aromatic rings. The molecular weight excluding hydrogens is 328 g/mol. The number of carbonyl (C=O) groups is 5. The third-order valence-corrected chi connectivity index (χ3v) is 3.82. The second-order valence-corrected chi connectivity index (χ2v) is 5.33. The normalized spacial score (nSPS) is 14.1. The number of carbonyl (C=O) groups excluding carboxylic acids is 5. The molecule has 4 amide bonds. The number of anilines is 1. The minimum absolute atomic E-state index is 0.00862. The lowest BCUT2D eigenvalue weighted by molar-refractivity contribution is -0.124. The summed E-state index contributed by atoms with van der Waals surface area (Å²) in [4.78, 5) is 60.5. The molecule has 1 unspecified atom stereocenters. The van der Waals surface area contributed by atoms with E-state index < -0.39 is 29.7 Å². The number of likely N-dealkylation sites (N-methyl/N-ethyl adjacent to an activating group) is 1. The van der Waals surface area contributed by atoms with Crippen molar-refractivity contribution < 1.29 is 24.0 Å². The molecule has 9 nitrogen and oxygen atoms in total. The van der Waals surface area contributed by atoms with Crippen LogP contribution in [0.3, 0.4) is 0 Å². The largest absolute Gasteiger partial charge is 0.357 e. The zero-order chi connectivity index (χ0) is 18.6. The van der Waals surface area contributed by atoms with Crippen LogP contribution in [0.1, 0.15) is 33.6 Å². The summed E-state index contributed by atoms with van der Waals surface area (Å²) in [5, 5.41) is 4.86. The number of hydrogen-bond acceptors (Lipinski definition) is 6. The summed E-state index contributed by atoms with van der Waals surface area (Å²) in [5.41, 5.74) is 5.50. The van der Waals surface area contributed by atoms with Gasteiger partial charge in [0, 0.05) is 13.5 Å². The van der Waals surface area contributed by atoms with Gasteiger partial charge in [-0.3, -0.25) is 24.1 Å². The van der Waals surface area contributed by atoms with Crippen molar-refractivity contribution in [1.82, 2.24) is 10.2 Å². The molecule has 1 aliphatic rings. The predicted molar refractivity (Wildman–Crippen MR) is 87.8 cm³/mol. The zero-order valence-electron chi connectivity index (χ0n) is 13.6. The van der Waals surface area contributed by atoms with Crippen molar-refractivity contribution in [2.75, 3.05) is 18.9 Å². The van der Waals surface area contributed by atoms with Crippen molar-refractivity contribution in [3.8, 4) is 0 Å². The second-order valence-electron chi connectivity index (χ2n) is 5.33. The number of aldehydes is 1. The quantitative estimate of drug-likeness (QED) is 0.439. The first-order valence-corrected chi connectivity index (χ1v) is 7.62. The molecule has 4 N–H and O–H groups in total. The third kappa shape index (κ3) is 3.41. The number of nitrogens with two attached hydrogens (primary N) is 1. The molecular formula is C16H18N4O5. The average Bonchev–Trinajstić information content (AvgIpc) is 2.87. The van der Waals surface area contributed by atoms with Crippen LogP contribution >= 0.6 is 0 Å². The minimum Gasteiger partial charge on any atom is -0.357 e. The summed E-state index contributed by atoms with van der Waals surface area (Å²) in [5.74, 6) is -2.42. The lowest BCUT2D eigenvalue weighted by atomic mass is 10.1. The van der Waals surface area contributed by atoms with Crippen LogP contribution in [0.5, 0.6) is 0 Å². The molecule has 1 aromatic carbocycles. The number of nitrogens with one attached hydrogen (secondary N) is 2.